The van der Waals surface area contributed by atoms with Crippen molar-refractivity contribution in [1.82, 2.24) is 4.31 Å². The SMILES string of the molecule is CCOCCN(CC)SC. The monoisotopic (exact) mass is 163 g/mol. The molecule has 2 nitrogen and oxygen atoms in total. The van der Waals surface area contributed by atoms with Gasteiger partial charge in [0.25, 0.3) is 0 Å². The molecule has 0 unspecified atom stereocenters. The molecule has 0 aliphatic heterocycles. The van der Waals surface area contributed by atoms with Crippen molar-refractivity contribution in [2.45, 2.75) is 13.8 Å². The van der Waals surface area contributed by atoms with E-state index in [1.807, 2.05) is 6.92 Å². The van der Waals surface area contributed by atoms with Gasteiger partial charge in [0.2, 0.25) is 0 Å². The van der Waals surface area contributed by atoms with Gasteiger partial charge in [-0.1, -0.05) is 18.9 Å². The first-order chi connectivity index (χ1) is 4.85. The Morgan fingerprint density at radius 1 is 1.40 bits per heavy atom. The van der Waals surface area contributed by atoms with Crippen molar-refractivity contribution < 1.29 is 4.74 Å². The van der Waals surface area contributed by atoms with Crippen molar-refractivity contribution >= 4 is 11.9 Å². The van der Waals surface area contributed by atoms with Crippen LogP contribution in [0.1, 0.15) is 13.8 Å². The van der Waals surface area contributed by atoms with Crippen molar-refractivity contribution in [3.8, 4) is 0 Å². The fraction of sp³-hybridized carbons (Fsp3) is 1.00. The topological polar surface area (TPSA) is 12.5 Å². The third-order valence-electron chi connectivity index (χ3n) is 1.30. The quantitative estimate of drug-likeness (QED) is 0.436. The smallest absolute Gasteiger partial charge is 0.0602 e. The van der Waals surface area contributed by atoms with Crippen LogP contribution in [0.4, 0.5) is 0 Å². The predicted molar refractivity (Wildman–Crippen MR) is 47.3 cm³/mol. The molecule has 0 saturated heterocycles. The van der Waals surface area contributed by atoms with E-state index in [2.05, 4.69) is 17.5 Å². The van der Waals surface area contributed by atoms with E-state index in [-0.39, 0.29) is 0 Å². The summed E-state index contributed by atoms with van der Waals surface area (Å²) in [5.74, 6) is 0. The average Bonchev–Trinajstić information content (AvgIpc) is 1.99. The summed E-state index contributed by atoms with van der Waals surface area (Å²) in [6, 6.07) is 0. The van der Waals surface area contributed by atoms with Crippen LogP contribution in [0.15, 0.2) is 0 Å². The first kappa shape index (κ1) is 10.3. The Labute approximate surface area is 68.1 Å². The van der Waals surface area contributed by atoms with Crippen molar-refractivity contribution in [2.24, 2.45) is 0 Å². The molecule has 0 radical (unpaired) electrons. The zero-order valence-electron chi connectivity index (χ0n) is 7.09. The Bertz CT molecular complexity index is 66.6. The van der Waals surface area contributed by atoms with E-state index in [1.54, 1.807) is 11.9 Å². The van der Waals surface area contributed by atoms with Gasteiger partial charge in [0.1, 0.15) is 0 Å². The zero-order valence-corrected chi connectivity index (χ0v) is 7.91. The second kappa shape index (κ2) is 7.38. The molecule has 0 aliphatic carbocycles. The summed E-state index contributed by atoms with van der Waals surface area (Å²) < 4.78 is 7.49. The molecule has 0 N–H and O–H groups in total. The van der Waals surface area contributed by atoms with Crippen LogP contribution in [0.25, 0.3) is 0 Å². The fourth-order valence-corrected chi connectivity index (χ4v) is 1.20. The molecule has 0 heterocycles. The van der Waals surface area contributed by atoms with Crippen LogP contribution >= 0.6 is 11.9 Å². The molecule has 10 heavy (non-hydrogen) atoms. The molecule has 0 bridgehead atoms. The van der Waals surface area contributed by atoms with Crippen molar-refractivity contribution in [3.63, 3.8) is 0 Å². The highest BCUT2D eigenvalue weighted by Gasteiger charge is 1.96. The molecule has 0 aromatic rings. The Morgan fingerprint density at radius 2 is 2.10 bits per heavy atom. The van der Waals surface area contributed by atoms with Crippen LogP contribution in [-0.2, 0) is 4.74 Å². The lowest BCUT2D eigenvalue weighted by molar-refractivity contribution is 0.138. The average molecular weight is 163 g/mol. The third-order valence-corrected chi connectivity index (χ3v) is 2.26. The summed E-state index contributed by atoms with van der Waals surface area (Å²) in [7, 11) is 0. The van der Waals surface area contributed by atoms with Crippen molar-refractivity contribution in [2.75, 3.05) is 32.6 Å². The van der Waals surface area contributed by atoms with Crippen LogP contribution in [-0.4, -0.2) is 36.9 Å². The summed E-state index contributed by atoms with van der Waals surface area (Å²) in [4.78, 5) is 0. The molecule has 0 amide bonds. The van der Waals surface area contributed by atoms with Gasteiger partial charge in [-0.15, -0.1) is 0 Å². The maximum atomic E-state index is 5.21. The Kier molecular flexibility index (Phi) is 7.58. The van der Waals surface area contributed by atoms with Crippen LogP contribution in [0.5, 0.6) is 0 Å². The number of hydrogen-bond acceptors (Lipinski definition) is 3. The van der Waals surface area contributed by atoms with E-state index >= 15 is 0 Å². The minimum atomic E-state index is 0.825. The van der Waals surface area contributed by atoms with Crippen LogP contribution in [0.2, 0.25) is 0 Å². The van der Waals surface area contributed by atoms with Gasteiger partial charge in [0.15, 0.2) is 0 Å². The number of ether oxygens (including phenoxy) is 1. The minimum absolute atomic E-state index is 0.825. The summed E-state index contributed by atoms with van der Waals surface area (Å²) >= 11 is 1.77. The van der Waals surface area contributed by atoms with Gasteiger partial charge < -0.3 is 4.74 Å². The molecule has 0 atom stereocenters. The molecule has 3 heteroatoms. The van der Waals surface area contributed by atoms with Gasteiger partial charge in [0, 0.05) is 19.7 Å². The van der Waals surface area contributed by atoms with Gasteiger partial charge >= 0.3 is 0 Å². The molecule has 0 aliphatic rings. The predicted octanol–water partition coefficient (Wildman–Crippen LogP) is 1.62. The molecule has 0 fully saturated rings. The van der Waals surface area contributed by atoms with Gasteiger partial charge in [-0.2, -0.15) is 0 Å². The number of nitrogens with zero attached hydrogens (tertiary/aromatic N) is 1. The highest BCUT2D eigenvalue weighted by atomic mass is 32.2. The summed E-state index contributed by atoms with van der Waals surface area (Å²) in [6.45, 7) is 7.98. The number of likely N-dealkylation sites (N-methyl/N-ethyl adjacent to an activating group) is 1. The summed E-state index contributed by atoms with van der Waals surface area (Å²) in [5.41, 5.74) is 0. The van der Waals surface area contributed by atoms with Crippen LogP contribution in [0.3, 0.4) is 0 Å². The van der Waals surface area contributed by atoms with Crippen LogP contribution in [0, 0.1) is 0 Å². The second-order valence-electron chi connectivity index (χ2n) is 1.90. The van der Waals surface area contributed by atoms with E-state index in [0.29, 0.717) is 0 Å². The normalized spacial score (nSPS) is 10.8. The number of rotatable bonds is 6. The molecular weight excluding hydrogens is 146 g/mol. The molecular formula is C7H17NOS. The maximum Gasteiger partial charge on any atom is 0.0602 e. The molecule has 0 spiro atoms. The van der Waals surface area contributed by atoms with Gasteiger partial charge in [-0.3, -0.25) is 0 Å². The van der Waals surface area contributed by atoms with E-state index in [9.17, 15) is 0 Å². The first-order valence-electron chi connectivity index (χ1n) is 3.71. The lowest BCUT2D eigenvalue weighted by Crippen LogP contribution is -2.19. The maximum absolute atomic E-state index is 5.21. The molecule has 0 rings (SSSR count). The van der Waals surface area contributed by atoms with E-state index in [1.165, 1.54) is 0 Å². The third kappa shape index (κ3) is 5.09. The Morgan fingerprint density at radius 3 is 2.50 bits per heavy atom. The van der Waals surface area contributed by atoms with Gasteiger partial charge in [0.05, 0.1) is 6.61 Å². The second-order valence-corrected chi connectivity index (χ2v) is 2.78. The first-order valence-corrected chi connectivity index (χ1v) is 4.90. The lowest BCUT2D eigenvalue weighted by Gasteiger charge is -2.15. The fourth-order valence-electron chi connectivity index (χ4n) is 0.689. The zero-order chi connectivity index (χ0) is 7.82. The van der Waals surface area contributed by atoms with Gasteiger partial charge in [-0.25, -0.2) is 4.31 Å². The molecule has 0 aromatic heterocycles. The molecule has 62 valence electrons. The standard InChI is InChI=1S/C7H17NOS/c1-4-8(10-3)6-7-9-5-2/h4-7H2,1-3H3. The van der Waals surface area contributed by atoms with E-state index in [0.717, 1.165) is 26.3 Å². The summed E-state index contributed by atoms with van der Waals surface area (Å²) in [6.07, 6.45) is 2.09. The van der Waals surface area contributed by atoms with Crippen LogP contribution < -0.4 is 0 Å². The largest absolute Gasteiger partial charge is 0.380 e. The van der Waals surface area contributed by atoms with E-state index < -0.39 is 0 Å². The minimum Gasteiger partial charge on any atom is -0.380 e. The molecule has 0 saturated carbocycles. The summed E-state index contributed by atoms with van der Waals surface area (Å²) in [5, 5.41) is 0. The number of hydrogen-bond donors (Lipinski definition) is 0. The molecule has 0 aromatic carbocycles. The van der Waals surface area contributed by atoms with Gasteiger partial charge in [-0.05, 0) is 13.2 Å². The van der Waals surface area contributed by atoms with E-state index in [4.69, 9.17) is 4.74 Å². The highest BCUT2D eigenvalue weighted by molar-refractivity contribution is 7.96. The van der Waals surface area contributed by atoms with Crippen molar-refractivity contribution in [1.29, 1.82) is 0 Å². The lowest BCUT2D eigenvalue weighted by atomic mass is 10.6. The Balaban J connectivity index is 3.09. The Hall–Kier alpha value is 0.270. The van der Waals surface area contributed by atoms with Crippen molar-refractivity contribution in [3.05, 3.63) is 0 Å². The highest BCUT2D eigenvalue weighted by Crippen LogP contribution is 2.02.